The quantitative estimate of drug-likeness (QED) is 0.340. The van der Waals surface area contributed by atoms with E-state index in [0.717, 1.165) is 11.1 Å². The van der Waals surface area contributed by atoms with Gasteiger partial charge in [-0.2, -0.15) is 5.10 Å². The topological polar surface area (TPSA) is 149 Å². The van der Waals surface area contributed by atoms with Gasteiger partial charge in [0.15, 0.2) is 5.69 Å². The molecule has 3 N–H and O–H groups in total. The Morgan fingerprint density at radius 2 is 1.92 bits per heavy atom. The number of hydrogen-bond donors (Lipinski definition) is 2. The summed E-state index contributed by atoms with van der Waals surface area (Å²) in [6.45, 7) is -0.550. The summed E-state index contributed by atoms with van der Waals surface area (Å²) < 4.78 is 16.2. The molecule has 1 aromatic carbocycles. The number of carbonyl (C=O) groups excluding carboxylic acids is 3. The van der Waals surface area contributed by atoms with E-state index in [-0.39, 0.29) is 31.0 Å². The zero-order chi connectivity index (χ0) is 26.1. The molecule has 0 saturated carbocycles. The fourth-order valence-corrected chi connectivity index (χ4v) is 4.67. The molecule has 1 aliphatic heterocycles. The molecule has 3 amide bonds. The van der Waals surface area contributed by atoms with Crippen molar-refractivity contribution in [1.29, 1.82) is 0 Å². The van der Waals surface area contributed by atoms with Crippen molar-refractivity contribution < 1.29 is 18.8 Å². The van der Waals surface area contributed by atoms with E-state index in [0.29, 0.717) is 15.5 Å². The van der Waals surface area contributed by atoms with Gasteiger partial charge in [-0.05, 0) is 45.8 Å². The first kappa shape index (κ1) is 24.4. The monoisotopic (exact) mass is 566 g/mol. The van der Waals surface area contributed by atoms with Gasteiger partial charge >= 0.3 is 0 Å². The molecule has 4 heterocycles. The number of carbonyl (C=O) groups is 3. The van der Waals surface area contributed by atoms with Crippen molar-refractivity contribution >= 4 is 50.4 Å². The van der Waals surface area contributed by atoms with Crippen LogP contribution in [-0.4, -0.2) is 66.1 Å². The van der Waals surface area contributed by atoms with Crippen molar-refractivity contribution in [3.05, 3.63) is 65.4 Å². The van der Waals surface area contributed by atoms with Crippen LogP contribution in [0.2, 0.25) is 0 Å². The predicted molar refractivity (Wildman–Crippen MR) is 135 cm³/mol. The lowest BCUT2D eigenvalue weighted by molar-refractivity contribution is -0.137. The number of fused-ring (bicyclic) bond motifs is 1. The van der Waals surface area contributed by atoms with Crippen LogP contribution in [0.25, 0.3) is 22.0 Å². The SMILES string of the molecule is NC(=O)c1nn(CC(=O)N2CC(F)C[C@H]2C(=O)Nc2cccc(Br)n2)c2ccc(-c3cncnc3)cc12. The van der Waals surface area contributed by atoms with Gasteiger partial charge in [-0.1, -0.05) is 12.1 Å². The Labute approximate surface area is 218 Å². The number of rotatable bonds is 6. The van der Waals surface area contributed by atoms with Crippen LogP contribution < -0.4 is 11.1 Å². The average Bonchev–Trinajstić information content (AvgIpc) is 3.45. The number of amides is 3. The molecule has 188 valence electrons. The lowest BCUT2D eigenvalue weighted by Gasteiger charge is -2.23. The molecular formula is C24H20BrFN8O3. The van der Waals surface area contributed by atoms with E-state index >= 15 is 0 Å². The number of halogens is 2. The molecular weight excluding hydrogens is 547 g/mol. The van der Waals surface area contributed by atoms with Gasteiger partial charge in [-0.3, -0.25) is 19.1 Å². The Kier molecular flexibility index (Phi) is 6.61. The molecule has 0 spiro atoms. The molecule has 4 aromatic rings. The molecule has 3 aromatic heterocycles. The van der Waals surface area contributed by atoms with Crippen LogP contribution in [0.3, 0.4) is 0 Å². The largest absolute Gasteiger partial charge is 0.364 e. The number of alkyl halides is 1. The van der Waals surface area contributed by atoms with Gasteiger partial charge in [-0.15, -0.1) is 0 Å². The van der Waals surface area contributed by atoms with Gasteiger partial charge in [0.05, 0.1) is 12.1 Å². The lowest BCUT2D eigenvalue weighted by Crippen LogP contribution is -2.44. The third-order valence-corrected chi connectivity index (χ3v) is 6.44. The van der Waals surface area contributed by atoms with Gasteiger partial charge < -0.3 is 16.0 Å². The van der Waals surface area contributed by atoms with E-state index in [9.17, 15) is 18.8 Å². The number of primary amides is 1. The second kappa shape index (κ2) is 10.0. The van der Waals surface area contributed by atoms with Crippen LogP contribution in [-0.2, 0) is 16.1 Å². The number of likely N-dealkylation sites (tertiary alicyclic amines) is 1. The lowest BCUT2D eigenvalue weighted by atomic mass is 10.1. The maximum Gasteiger partial charge on any atom is 0.269 e. The molecule has 1 saturated heterocycles. The fraction of sp³-hybridized carbons (Fsp3) is 0.208. The predicted octanol–water partition coefficient (Wildman–Crippen LogP) is 2.33. The summed E-state index contributed by atoms with van der Waals surface area (Å²) in [7, 11) is 0. The van der Waals surface area contributed by atoms with Crippen LogP contribution in [0, 0.1) is 0 Å². The maximum atomic E-state index is 14.4. The fourth-order valence-electron chi connectivity index (χ4n) is 4.32. The summed E-state index contributed by atoms with van der Waals surface area (Å²) >= 11 is 3.23. The average molecular weight is 567 g/mol. The summed E-state index contributed by atoms with van der Waals surface area (Å²) in [6.07, 6.45) is 3.16. The molecule has 0 radical (unpaired) electrons. The molecule has 0 bridgehead atoms. The number of nitrogens with two attached hydrogens (primary N) is 1. The molecule has 2 atom stereocenters. The van der Waals surface area contributed by atoms with Crippen molar-refractivity contribution in [1.82, 2.24) is 29.6 Å². The highest BCUT2D eigenvalue weighted by molar-refractivity contribution is 9.10. The van der Waals surface area contributed by atoms with Gasteiger partial charge in [0.1, 0.15) is 35.5 Å². The number of anilines is 1. The summed E-state index contributed by atoms with van der Waals surface area (Å²) in [5.74, 6) is -1.56. The molecule has 1 aliphatic rings. The molecule has 1 fully saturated rings. The third-order valence-electron chi connectivity index (χ3n) is 6.00. The molecule has 0 aliphatic carbocycles. The van der Waals surface area contributed by atoms with E-state index in [1.165, 1.54) is 15.9 Å². The molecule has 11 nitrogen and oxygen atoms in total. The second-order valence-electron chi connectivity index (χ2n) is 8.46. The number of nitrogens with one attached hydrogen (secondary N) is 1. The van der Waals surface area contributed by atoms with Crippen LogP contribution in [0.1, 0.15) is 16.9 Å². The number of hydrogen-bond acceptors (Lipinski definition) is 7. The van der Waals surface area contributed by atoms with E-state index in [4.69, 9.17) is 5.73 Å². The molecule has 13 heteroatoms. The van der Waals surface area contributed by atoms with Crippen LogP contribution in [0.5, 0.6) is 0 Å². The summed E-state index contributed by atoms with van der Waals surface area (Å²) in [4.78, 5) is 51.6. The molecule has 37 heavy (non-hydrogen) atoms. The highest BCUT2D eigenvalue weighted by Crippen LogP contribution is 2.27. The van der Waals surface area contributed by atoms with Crippen molar-refractivity contribution in [2.45, 2.75) is 25.2 Å². The number of aromatic nitrogens is 5. The van der Waals surface area contributed by atoms with Crippen LogP contribution in [0.4, 0.5) is 10.2 Å². The molecule has 5 rings (SSSR count). The molecule has 1 unspecified atom stereocenters. The van der Waals surface area contributed by atoms with E-state index in [1.807, 2.05) is 0 Å². The van der Waals surface area contributed by atoms with Gasteiger partial charge in [-0.25, -0.2) is 19.3 Å². The Hall–Kier alpha value is -4.26. The normalized spacial score (nSPS) is 17.2. The maximum absolute atomic E-state index is 14.4. The minimum Gasteiger partial charge on any atom is -0.364 e. The first-order valence-corrected chi connectivity index (χ1v) is 12.0. The van der Waals surface area contributed by atoms with Gasteiger partial charge in [0.2, 0.25) is 11.8 Å². The van der Waals surface area contributed by atoms with Crippen LogP contribution in [0.15, 0.2) is 59.7 Å². The number of pyridine rings is 1. The zero-order valence-electron chi connectivity index (χ0n) is 19.2. The minimum atomic E-state index is -1.36. The minimum absolute atomic E-state index is 0.0127. The summed E-state index contributed by atoms with van der Waals surface area (Å²) in [5.41, 5.74) is 7.48. The van der Waals surface area contributed by atoms with Gasteiger partial charge in [0, 0.05) is 29.8 Å². The highest BCUT2D eigenvalue weighted by atomic mass is 79.9. The second-order valence-corrected chi connectivity index (χ2v) is 9.27. The number of nitrogens with zero attached hydrogens (tertiary/aromatic N) is 6. The Bertz CT molecular complexity index is 1510. The highest BCUT2D eigenvalue weighted by Gasteiger charge is 2.40. The standard InChI is InChI=1S/C24H20BrFN8O3/c25-19-2-1-3-20(30-19)31-24(37)18-7-15(26)10-33(18)21(35)11-34-17-5-4-13(14-8-28-12-29-9-14)6-16(17)22(32-34)23(27)36/h1-6,8-9,12,15,18H,7,10-11H2,(H2,27,36)(H,30,31,37)/t15?,18-/m0/s1. The summed E-state index contributed by atoms with van der Waals surface area (Å²) in [5, 5.41) is 7.33. The third kappa shape index (κ3) is 5.03. The Morgan fingerprint density at radius 3 is 2.65 bits per heavy atom. The smallest absolute Gasteiger partial charge is 0.269 e. The first-order chi connectivity index (χ1) is 17.8. The van der Waals surface area contributed by atoms with Crippen molar-refractivity contribution in [2.75, 3.05) is 11.9 Å². The van der Waals surface area contributed by atoms with Crippen molar-refractivity contribution in [2.24, 2.45) is 5.73 Å². The summed E-state index contributed by atoms with van der Waals surface area (Å²) in [6, 6.07) is 9.16. The van der Waals surface area contributed by atoms with Gasteiger partial charge in [0.25, 0.3) is 5.91 Å². The van der Waals surface area contributed by atoms with E-state index < -0.39 is 29.9 Å². The zero-order valence-corrected chi connectivity index (χ0v) is 20.8. The van der Waals surface area contributed by atoms with Crippen molar-refractivity contribution in [3.63, 3.8) is 0 Å². The number of benzene rings is 1. The Morgan fingerprint density at radius 1 is 1.14 bits per heavy atom. The van der Waals surface area contributed by atoms with Crippen molar-refractivity contribution in [3.8, 4) is 11.1 Å². The van der Waals surface area contributed by atoms with Crippen LogP contribution >= 0.6 is 15.9 Å². The van der Waals surface area contributed by atoms with E-state index in [1.54, 1.807) is 48.8 Å². The van der Waals surface area contributed by atoms with E-state index in [2.05, 4.69) is 41.3 Å². The Balaban J connectivity index is 1.41. The first-order valence-electron chi connectivity index (χ1n) is 11.2.